The molecule has 0 spiro atoms. The molecule has 2 unspecified atom stereocenters. The van der Waals surface area contributed by atoms with Gasteiger partial charge in [0.05, 0.1) is 0 Å². The number of ether oxygens (including phenoxy) is 3. The lowest BCUT2D eigenvalue weighted by Crippen LogP contribution is -2.33. The molecule has 0 radical (unpaired) electrons. The summed E-state index contributed by atoms with van der Waals surface area (Å²) in [4.78, 5) is 23.0. The lowest BCUT2D eigenvalue weighted by molar-refractivity contribution is -0.168. The summed E-state index contributed by atoms with van der Waals surface area (Å²) in [6, 6.07) is 6.67. The predicted molar refractivity (Wildman–Crippen MR) is 57.7 cm³/mol. The Morgan fingerprint density at radius 1 is 0.824 bits per heavy atom. The van der Waals surface area contributed by atoms with Crippen molar-refractivity contribution in [1.29, 1.82) is 0 Å². The molecule has 2 atom stereocenters. The van der Waals surface area contributed by atoms with Gasteiger partial charge < -0.3 is 14.2 Å². The van der Waals surface area contributed by atoms with Crippen LogP contribution in [-0.2, 0) is 14.3 Å². The summed E-state index contributed by atoms with van der Waals surface area (Å²) in [7, 11) is 0. The van der Waals surface area contributed by atoms with Crippen molar-refractivity contribution in [3.8, 4) is 11.5 Å². The predicted octanol–water partition coefficient (Wildman–Crippen LogP) is 1.30. The van der Waals surface area contributed by atoms with Crippen LogP contribution >= 0.6 is 0 Å². The fraction of sp³-hybridized carbons (Fsp3) is 0.333. The molecule has 2 bridgehead atoms. The summed E-state index contributed by atoms with van der Waals surface area (Å²) < 4.78 is 15.2. The van der Waals surface area contributed by atoms with E-state index in [1.54, 1.807) is 24.3 Å². The standard InChI is InChI=1S/C12H12O5/c1-7-11(13)17-12(14)8(2)16-10-5-3-9(15-7)4-6-10/h3-8H,1-2H3. The molecule has 17 heavy (non-hydrogen) atoms. The van der Waals surface area contributed by atoms with Gasteiger partial charge in [0.15, 0.2) is 12.2 Å². The average molecular weight is 236 g/mol. The van der Waals surface area contributed by atoms with E-state index in [-0.39, 0.29) is 0 Å². The zero-order valence-corrected chi connectivity index (χ0v) is 9.51. The molecule has 90 valence electrons. The molecule has 1 aromatic carbocycles. The highest BCUT2D eigenvalue weighted by atomic mass is 16.6. The third kappa shape index (κ3) is 2.55. The van der Waals surface area contributed by atoms with Crippen molar-refractivity contribution in [3.63, 3.8) is 0 Å². The SMILES string of the molecule is CC1Oc2ccc(cc2)OC(C)C(=O)OC1=O. The molecule has 0 N–H and O–H groups in total. The molecule has 0 fully saturated rings. The van der Waals surface area contributed by atoms with Crippen LogP contribution in [0.1, 0.15) is 13.8 Å². The van der Waals surface area contributed by atoms with Crippen LogP contribution in [-0.4, -0.2) is 24.1 Å². The lowest BCUT2D eigenvalue weighted by Gasteiger charge is -2.13. The van der Waals surface area contributed by atoms with E-state index >= 15 is 0 Å². The molecular formula is C12H12O5. The smallest absolute Gasteiger partial charge is 0.354 e. The van der Waals surface area contributed by atoms with Gasteiger partial charge in [-0.1, -0.05) is 0 Å². The normalized spacial score (nSPS) is 24.4. The molecule has 0 aliphatic carbocycles. The van der Waals surface area contributed by atoms with Crippen molar-refractivity contribution in [3.05, 3.63) is 24.3 Å². The molecule has 5 heteroatoms. The third-order valence-corrected chi connectivity index (χ3v) is 2.31. The summed E-state index contributed by atoms with van der Waals surface area (Å²) in [6.45, 7) is 3.04. The zero-order chi connectivity index (χ0) is 12.4. The maximum absolute atomic E-state index is 11.5. The van der Waals surface area contributed by atoms with Crippen molar-refractivity contribution in [2.75, 3.05) is 0 Å². The monoisotopic (exact) mass is 236 g/mol. The van der Waals surface area contributed by atoms with E-state index in [0.29, 0.717) is 11.5 Å². The Labute approximate surface area is 98.3 Å². The summed E-state index contributed by atoms with van der Waals surface area (Å²) >= 11 is 0. The Morgan fingerprint density at radius 3 is 1.53 bits per heavy atom. The van der Waals surface area contributed by atoms with E-state index < -0.39 is 24.1 Å². The number of carbonyl (C=O) groups is 2. The van der Waals surface area contributed by atoms with Gasteiger partial charge >= 0.3 is 11.9 Å². The molecule has 2 aliphatic rings. The number of hydrogen-bond donors (Lipinski definition) is 0. The van der Waals surface area contributed by atoms with E-state index in [4.69, 9.17) is 9.47 Å². The molecule has 1 aromatic rings. The number of hydrogen-bond acceptors (Lipinski definition) is 5. The Bertz CT molecular complexity index is 396. The van der Waals surface area contributed by atoms with Gasteiger partial charge in [-0.25, -0.2) is 9.59 Å². The van der Waals surface area contributed by atoms with Crippen LogP contribution in [0, 0.1) is 0 Å². The molecule has 0 amide bonds. The second-order valence-corrected chi connectivity index (χ2v) is 3.73. The number of rotatable bonds is 0. The van der Waals surface area contributed by atoms with Crippen LogP contribution < -0.4 is 9.47 Å². The quantitative estimate of drug-likeness (QED) is 0.386. The number of carbonyl (C=O) groups excluding carboxylic acids is 2. The first-order chi connectivity index (χ1) is 8.06. The van der Waals surface area contributed by atoms with Crippen LogP contribution in [0.2, 0.25) is 0 Å². The second-order valence-electron chi connectivity index (χ2n) is 3.73. The minimum Gasteiger partial charge on any atom is -0.479 e. The van der Waals surface area contributed by atoms with Crippen molar-refractivity contribution in [2.45, 2.75) is 26.1 Å². The van der Waals surface area contributed by atoms with Crippen molar-refractivity contribution < 1.29 is 23.8 Å². The first-order valence-corrected chi connectivity index (χ1v) is 5.25. The minimum absolute atomic E-state index is 0.517. The fourth-order valence-electron chi connectivity index (χ4n) is 1.37. The van der Waals surface area contributed by atoms with E-state index in [9.17, 15) is 9.59 Å². The Hall–Kier alpha value is -2.04. The summed E-state index contributed by atoms with van der Waals surface area (Å²) in [5.74, 6) is -0.419. The van der Waals surface area contributed by atoms with Crippen molar-refractivity contribution in [2.24, 2.45) is 0 Å². The molecule has 2 heterocycles. The molecule has 3 rings (SSSR count). The van der Waals surface area contributed by atoms with Gasteiger partial charge in [0, 0.05) is 0 Å². The maximum atomic E-state index is 11.5. The maximum Gasteiger partial charge on any atom is 0.354 e. The zero-order valence-electron chi connectivity index (χ0n) is 9.51. The number of esters is 2. The third-order valence-electron chi connectivity index (χ3n) is 2.31. The summed E-state index contributed by atoms with van der Waals surface area (Å²) in [5, 5.41) is 0. The molecule has 0 aromatic heterocycles. The van der Waals surface area contributed by atoms with Gasteiger partial charge in [-0.3, -0.25) is 0 Å². The van der Waals surface area contributed by atoms with Crippen molar-refractivity contribution in [1.82, 2.24) is 0 Å². The molecule has 5 nitrogen and oxygen atoms in total. The van der Waals surface area contributed by atoms with Crippen LogP contribution in [0.3, 0.4) is 0 Å². The second kappa shape index (κ2) is 4.45. The average Bonchev–Trinajstić information content (AvgIpc) is 2.32. The van der Waals surface area contributed by atoms with Gasteiger partial charge in [0.2, 0.25) is 0 Å². The lowest BCUT2D eigenvalue weighted by atomic mass is 10.3. The van der Waals surface area contributed by atoms with Gasteiger partial charge in [-0.2, -0.15) is 0 Å². The van der Waals surface area contributed by atoms with Crippen molar-refractivity contribution >= 4 is 11.9 Å². The minimum atomic E-state index is -0.838. The highest BCUT2D eigenvalue weighted by Crippen LogP contribution is 2.21. The summed E-state index contributed by atoms with van der Waals surface area (Å²) in [6.07, 6.45) is -1.68. The fourth-order valence-corrected chi connectivity index (χ4v) is 1.37. The van der Waals surface area contributed by atoms with Gasteiger partial charge in [0.1, 0.15) is 11.5 Å². The van der Waals surface area contributed by atoms with Crippen LogP contribution in [0.5, 0.6) is 11.5 Å². The van der Waals surface area contributed by atoms with Gasteiger partial charge in [0.25, 0.3) is 0 Å². The highest BCUT2D eigenvalue weighted by Gasteiger charge is 2.25. The van der Waals surface area contributed by atoms with Crippen LogP contribution in [0.15, 0.2) is 24.3 Å². The summed E-state index contributed by atoms with van der Waals surface area (Å²) in [5.41, 5.74) is 0. The van der Waals surface area contributed by atoms with Gasteiger partial charge in [-0.15, -0.1) is 0 Å². The van der Waals surface area contributed by atoms with Crippen LogP contribution in [0.25, 0.3) is 0 Å². The molecule has 0 saturated carbocycles. The molecule has 2 aliphatic heterocycles. The topological polar surface area (TPSA) is 61.8 Å². The number of benzene rings is 1. The largest absolute Gasteiger partial charge is 0.479 e. The van der Waals surface area contributed by atoms with E-state index in [1.807, 2.05) is 0 Å². The van der Waals surface area contributed by atoms with Gasteiger partial charge in [-0.05, 0) is 38.1 Å². The Balaban J connectivity index is 2.31. The Kier molecular flexibility index (Phi) is 2.99. The molecule has 0 saturated heterocycles. The van der Waals surface area contributed by atoms with E-state index in [0.717, 1.165) is 0 Å². The van der Waals surface area contributed by atoms with E-state index in [2.05, 4.69) is 4.74 Å². The first kappa shape index (κ1) is 11.4. The first-order valence-electron chi connectivity index (χ1n) is 5.25. The highest BCUT2D eigenvalue weighted by molar-refractivity contribution is 5.90. The number of fused-ring (bicyclic) bond motifs is 8. The van der Waals surface area contributed by atoms with E-state index in [1.165, 1.54) is 13.8 Å². The Morgan fingerprint density at radius 2 is 1.18 bits per heavy atom. The van der Waals surface area contributed by atoms with Crippen LogP contribution in [0.4, 0.5) is 0 Å². The molecular weight excluding hydrogens is 224 g/mol.